The Morgan fingerprint density at radius 1 is 1.21 bits per heavy atom. The molecule has 0 spiro atoms. The van der Waals surface area contributed by atoms with Crippen LogP contribution in [0.3, 0.4) is 0 Å². The van der Waals surface area contributed by atoms with Gasteiger partial charge in [-0.05, 0) is 49.2 Å². The number of rotatable bonds is 4. The zero-order valence-electron chi connectivity index (χ0n) is 11.5. The van der Waals surface area contributed by atoms with E-state index in [9.17, 15) is 0 Å². The second kappa shape index (κ2) is 5.72. The third-order valence-corrected chi connectivity index (χ3v) is 4.23. The molecule has 2 unspecified atom stereocenters. The van der Waals surface area contributed by atoms with E-state index >= 15 is 0 Å². The minimum Gasteiger partial charge on any atom is -0.314 e. The van der Waals surface area contributed by atoms with E-state index in [0.717, 1.165) is 0 Å². The molecule has 1 fully saturated rings. The van der Waals surface area contributed by atoms with E-state index in [1.165, 1.54) is 42.1 Å². The zero-order valence-corrected chi connectivity index (χ0v) is 11.5. The maximum Gasteiger partial charge on any atom is 0.0338 e. The molecule has 0 saturated carbocycles. The van der Waals surface area contributed by atoms with Crippen LogP contribution in [-0.4, -0.2) is 19.6 Å². The third kappa shape index (κ3) is 2.65. The molecule has 19 heavy (non-hydrogen) atoms. The Balaban J connectivity index is 1.91. The second-order valence-corrected chi connectivity index (χ2v) is 5.44. The highest BCUT2D eigenvalue weighted by Crippen LogP contribution is 2.28. The second-order valence-electron chi connectivity index (χ2n) is 5.44. The van der Waals surface area contributed by atoms with Crippen LogP contribution >= 0.6 is 0 Å². The molecule has 2 aromatic carbocycles. The van der Waals surface area contributed by atoms with Crippen molar-refractivity contribution >= 4 is 10.8 Å². The highest BCUT2D eigenvalue weighted by Gasteiger charge is 2.20. The van der Waals surface area contributed by atoms with Gasteiger partial charge in [0.15, 0.2) is 0 Å². The summed E-state index contributed by atoms with van der Waals surface area (Å²) in [7, 11) is 2.07. The maximum absolute atomic E-state index is 3.60. The molecule has 2 atom stereocenters. The smallest absolute Gasteiger partial charge is 0.0338 e. The number of benzene rings is 2. The summed E-state index contributed by atoms with van der Waals surface area (Å²) in [6.45, 7) is 1.18. The summed E-state index contributed by atoms with van der Waals surface area (Å²) < 4.78 is 0. The fourth-order valence-corrected chi connectivity index (χ4v) is 3.20. The van der Waals surface area contributed by atoms with E-state index in [1.807, 2.05) is 0 Å². The summed E-state index contributed by atoms with van der Waals surface area (Å²) in [4.78, 5) is 0. The van der Waals surface area contributed by atoms with Crippen molar-refractivity contribution in [3.8, 4) is 0 Å². The van der Waals surface area contributed by atoms with Crippen LogP contribution in [0.5, 0.6) is 0 Å². The van der Waals surface area contributed by atoms with Crippen molar-refractivity contribution < 1.29 is 0 Å². The van der Waals surface area contributed by atoms with Crippen molar-refractivity contribution in [1.82, 2.24) is 10.6 Å². The summed E-state index contributed by atoms with van der Waals surface area (Å²) in [6.07, 6.45) is 3.80. The van der Waals surface area contributed by atoms with Gasteiger partial charge in [0.25, 0.3) is 0 Å². The van der Waals surface area contributed by atoms with Gasteiger partial charge in [-0.25, -0.2) is 0 Å². The summed E-state index contributed by atoms with van der Waals surface area (Å²) in [5, 5.41) is 9.81. The fraction of sp³-hybridized carbons (Fsp3) is 0.412. The van der Waals surface area contributed by atoms with Gasteiger partial charge >= 0.3 is 0 Å². The summed E-state index contributed by atoms with van der Waals surface area (Å²) in [5.41, 5.74) is 1.43. The quantitative estimate of drug-likeness (QED) is 0.875. The molecule has 1 saturated heterocycles. The minimum atomic E-state index is 0.432. The fourth-order valence-electron chi connectivity index (χ4n) is 3.20. The number of nitrogens with one attached hydrogen (secondary N) is 2. The van der Waals surface area contributed by atoms with Gasteiger partial charge in [-0.15, -0.1) is 0 Å². The number of fused-ring (bicyclic) bond motifs is 1. The van der Waals surface area contributed by atoms with Crippen molar-refractivity contribution in [2.24, 2.45) is 0 Å². The van der Waals surface area contributed by atoms with Gasteiger partial charge in [-0.2, -0.15) is 0 Å². The SMILES string of the molecule is CNC(CC1CCCN1)c1cccc2ccccc12. The van der Waals surface area contributed by atoms with Gasteiger partial charge < -0.3 is 10.6 Å². The van der Waals surface area contributed by atoms with Gasteiger partial charge in [-0.1, -0.05) is 42.5 Å². The lowest BCUT2D eigenvalue weighted by atomic mass is 9.94. The van der Waals surface area contributed by atoms with E-state index in [-0.39, 0.29) is 0 Å². The van der Waals surface area contributed by atoms with Crippen LogP contribution < -0.4 is 10.6 Å². The molecule has 2 nitrogen and oxygen atoms in total. The molecule has 0 amide bonds. The first kappa shape index (κ1) is 12.6. The molecule has 0 aromatic heterocycles. The minimum absolute atomic E-state index is 0.432. The van der Waals surface area contributed by atoms with Crippen LogP contribution in [0, 0.1) is 0 Å². The van der Waals surface area contributed by atoms with E-state index in [4.69, 9.17) is 0 Å². The van der Waals surface area contributed by atoms with E-state index in [2.05, 4.69) is 60.1 Å². The lowest BCUT2D eigenvalue weighted by molar-refractivity contribution is 0.455. The molecule has 2 heteroatoms. The Labute approximate surface area is 115 Å². The van der Waals surface area contributed by atoms with Crippen molar-refractivity contribution in [3.63, 3.8) is 0 Å². The Kier molecular flexibility index (Phi) is 3.81. The summed E-state index contributed by atoms with van der Waals surface area (Å²) in [5.74, 6) is 0. The molecule has 2 N–H and O–H groups in total. The molecule has 2 aromatic rings. The molecule has 3 rings (SSSR count). The molecule has 0 bridgehead atoms. The van der Waals surface area contributed by atoms with Crippen molar-refractivity contribution in [3.05, 3.63) is 48.0 Å². The van der Waals surface area contributed by atoms with E-state index in [0.29, 0.717) is 12.1 Å². The van der Waals surface area contributed by atoms with Crippen LogP contribution in [0.25, 0.3) is 10.8 Å². The maximum atomic E-state index is 3.60. The van der Waals surface area contributed by atoms with Crippen LogP contribution in [0.4, 0.5) is 0 Å². The molecule has 0 radical (unpaired) electrons. The van der Waals surface area contributed by atoms with Gasteiger partial charge in [0.2, 0.25) is 0 Å². The lowest BCUT2D eigenvalue weighted by Gasteiger charge is -2.22. The average molecular weight is 254 g/mol. The van der Waals surface area contributed by atoms with Gasteiger partial charge in [-0.3, -0.25) is 0 Å². The molecule has 1 heterocycles. The van der Waals surface area contributed by atoms with Crippen LogP contribution in [0.2, 0.25) is 0 Å². The zero-order chi connectivity index (χ0) is 13.1. The molecule has 1 aliphatic rings. The summed E-state index contributed by atoms with van der Waals surface area (Å²) in [6, 6.07) is 16.4. The van der Waals surface area contributed by atoms with E-state index < -0.39 is 0 Å². The first-order valence-corrected chi connectivity index (χ1v) is 7.27. The van der Waals surface area contributed by atoms with Crippen LogP contribution in [0.15, 0.2) is 42.5 Å². The average Bonchev–Trinajstić information content (AvgIpc) is 2.97. The first-order chi connectivity index (χ1) is 9.38. The largest absolute Gasteiger partial charge is 0.314 e. The lowest BCUT2D eigenvalue weighted by Crippen LogP contribution is -2.28. The molecular formula is C17H22N2. The van der Waals surface area contributed by atoms with Crippen LogP contribution in [0.1, 0.15) is 30.9 Å². The van der Waals surface area contributed by atoms with Gasteiger partial charge in [0.05, 0.1) is 0 Å². The molecule has 0 aliphatic carbocycles. The molecular weight excluding hydrogens is 232 g/mol. The van der Waals surface area contributed by atoms with E-state index in [1.54, 1.807) is 0 Å². The molecule has 1 aliphatic heterocycles. The van der Waals surface area contributed by atoms with Gasteiger partial charge in [0.1, 0.15) is 0 Å². The topological polar surface area (TPSA) is 24.1 Å². The predicted molar refractivity (Wildman–Crippen MR) is 81.4 cm³/mol. The monoisotopic (exact) mass is 254 g/mol. The standard InChI is InChI=1S/C17H22N2/c1-18-17(12-14-8-5-11-19-14)16-10-4-7-13-6-2-3-9-15(13)16/h2-4,6-7,9-10,14,17-19H,5,8,11-12H2,1H3. The third-order valence-electron chi connectivity index (χ3n) is 4.23. The number of hydrogen-bond donors (Lipinski definition) is 2. The Bertz CT molecular complexity index is 538. The Morgan fingerprint density at radius 2 is 2.05 bits per heavy atom. The van der Waals surface area contributed by atoms with Crippen LogP contribution in [-0.2, 0) is 0 Å². The highest BCUT2D eigenvalue weighted by atomic mass is 15.0. The Hall–Kier alpha value is -1.38. The first-order valence-electron chi connectivity index (χ1n) is 7.27. The number of hydrogen-bond acceptors (Lipinski definition) is 2. The molecule has 100 valence electrons. The van der Waals surface area contributed by atoms with Crippen molar-refractivity contribution in [1.29, 1.82) is 0 Å². The predicted octanol–water partition coefficient (Wildman–Crippen LogP) is 3.24. The Morgan fingerprint density at radius 3 is 2.84 bits per heavy atom. The van der Waals surface area contributed by atoms with Crippen molar-refractivity contribution in [2.75, 3.05) is 13.6 Å². The normalized spacial score (nSPS) is 20.8. The van der Waals surface area contributed by atoms with Crippen molar-refractivity contribution in [2.45, 2.75) is 31.3 Å². The van der Waals surface area contributed by atoms with Gasteiger partial charge in [0, 0.05) is 12.1 Å². The summed E-state index contributed by atoms with van der Waals surface area (Å²) >= 11 is 0. The highest BCUT2D eigenvalue weighted by molar-refractivity contribution is 5.86.